The minimum atomic E-state index is -1.13. The molecule has 2 fully saturated rings. The number of unbranched alkanes of at least 4 members (excludes halogenated alkanes) is 2. The van der Waals surface area contributed by atoms with Gasteiger partial charge in [0.2, 0.25) is 0 Å². The van der Waals surface area contributed by atoms with Crippen molar-refractivity contribution < 1.29 is 20.1 Å². The quantitative estimate of drug-likeness (QED) is 0.316. The third kappa shape index (κ3) is 8.52. The maximum atomic E-state index is 11.0. The van der Waals surface area contributed by atoms with E-state index >= 15 is 0 Å². The predicted molar refractivity (Wildman–Crippen MR) is 116 cm³/mol. The molecule has 1 saturated heterocycles. The summed E-state index contributed by atoms with van der Waals surface area (Å²) in [4.78, 5) is 11.0. The Morgan fingerprint density at radius 3 is 2.45 bits per heavy atom. The van der Waals surface area contributed by atoms with Crippen molar-refractivity contribution in [3.05, 3.63) is 0 Å². The molecule has 1 aliphatic heterocycles. The van der Waals surface area contributed by atoms with Gasteiger partial charge in [0, 0.05) is 18.6 Å². The average Bonchev–Trinajstić information content (AvgIpc) is 2.68. The number of aliphatic carboxylic acids is 1. The summed E-state index contributed by atoms with van der Waals surface area (Å²) in [5, 5.41) is 36.3. The van der Waals surface area contributed by atoms with Crippen LogP contribution in [0.4, 0.5) is 0 Å². The van der Waals surface area contributed by atoms with Crippen molar-refractivity contribution in [2.45, 2.75) is 115 Å². The number of hydrogen-bond acceptors (Lipinski definition) is 5. The van der Waals surface area contributed by atoms with Crippen LogP contribution in [0.3, 0.4) is 0 Å². The van der Waals surface area contributed by atoms with Crippen LogP contribution in [0, 0.1) is 11.8 Å². The molecule has 0 aromatic heterocycles. The number of aliphatic hydroxyl groups is 2. The molecule has 4 atom stereocenters. The summed E-state index contributed by atoms with van der Waals surface area (Å²) in [7, 11) is 0. The Labute approximate surface area is 176 Å². The van der Waals surface area contributed by atoms with Gasteiger partial charge in [-0.25, -0.2) is 0 Å². The Hall–Kier alpha value is -0.690. The van der Waals surface area contributed by atoms with Crippen molar-refractivity contribution in [3.8, 4) is 0 Å². The fourth-order valence-electron chi connectivity index (χ4n) is 5.33. The summed E-state index contributed by atoms with van der Waals surface area (Å²) >= 11 is 0. The zero-order valence-corrected chi connectivity index (χ0v) is 18.5. The number of piperidine rings is 1. The molecule has 0 unspecified atom stereocenters. The topological polar surface area (TPSA) is 102 Å². The van der Waals surface area contributed by atoms with Crippen LogP contribution in [0.5, 0.6) is 0 Å². The predicted octanol–water partition coefficient (Wildman–Crippen LogP) is 3.06. The van der Waals surface area contributed by atoms with Crippen molar-refractivity contribution in [2.75, 3.05) is 13.1 Å². The van der Waals surface area contributed by atoms with E-state index in [2.05, 4.69) is 17.6 Å². The molecule has 0 aromatic rings. The largest absolute Gasteiger partial charge is 0.481 e. The maximum absolute atomic E-state index is 11.0. The summed E-state index contributed by atoms with van der Waals surface area (Å²) < 4.78 is 0. The van der Waals surface area contributed by atoms with E-state index in [1.165, 1.54) is 38.5 Å². The van der Waals surface area contributed by atoms with Crippen LogP contribution >= 0.6 is 0 Å². The molecule has 0 spiro atoms. The van der Waals surface area contributed by atoms with Crippen molar-refractivity contribution in [1.82, 2.24) is 10.6 Å². The number of carbonyl (C=O) groups is 1. The van der Waals surface area contributed by atoms with Gasteiger partial charge in [0.1, 0.15) is 0 Å². The maximum Gasteiger partial charge on any atom is 0.306 e. The standard InChI is InChI=1S/C23H44N2O4/c1-3-24-16-23(29,15-22(27)28)14-6-4-5-7-18-8-10-19(11-9-18)20-12-13-21(26)17(2)25-20/h17-21,24-26,29H,3-16H2,1-2H3,(H,27,28)/t17-,18?,19?,20-,21+,23+/m0/s1. The Kier molecular flexibility index (Phi) is 10.4. The van der Waals surface area contributed by atoms with Crippen LogP contribution in [0.25, 0.3) is 0 Å². The highest BCUT2D eigenvalue weighted by atomic mass is 16.4. The molecule has 5 N–H and O–H groups in total. The summed E-state index contributed by atoms with van der Waals surface area (Å²) in [5.41, 5.74) is -1.13. The number of carboxylic acid groups (broad SMARTS) is 1. The van der Waals surface area contributed by atoms with Crippen molar-refractivity contribution >= 4 is 5.97 Å². The van der Waals surface area contributed by atoms with Crippen LogP contribution in [-0.4, -0.2) is 58.2 Å². The lowest BCUT2D eigenvalue weighted by molar-refractivity contribution is -0.142. The second-order valence-electron chi connectivity index (χ2n) is 9.66. The molecule has 1 saturated carbocycles. The SMILES string of the molecule is CCNC[C@@](O)(CCCCCC1CCC([C@@H]2CC[C@@H](O)[C@H](C)N2)CC1)CC(=O)O. The Bertz CT molecular complexity index is 481. The lowest BCUT2D eigenvalue weighted by Crippen LogP contribution is -2.52. The molecule has 2 aliphatic rings. The molecule has 6 nitrogen and oxygen atoms in total. The summed E-state index contributed by atoms with van der Waals surface area (Å²) in [6, 6.07) is 0.803. The molecule has 2 rings (SSSR count). The van der Waals surface area contributed by atoms with E-state index in [4.69, 9.17) is 5.11 Å². The molecular weight excluding hydrogens is 368 g/mol. The zero-order chi connectivity index (χ0) is 21.3. The third-order valence-corrected chi connectivity index (χ3v) is 7.23. The van der Waals surface area contributed by atoms with E-state index in [-0.39, 0.29) is 18.6 Å². The highest BCUT2D eigenvalue weighted by molar-refractivity contribution is 5.68. The molecule has 29 heavy (non-hydrogen) atoms. The van der Waals surface area contributed by atoms with Crippen LogP contribution in [0.15, 0.2) is 0 Å². The first-order valence-electron chi connectivity index (χ1n) is 11.9. The van der Waals surface area contributed by atoms with Crippen LogP contribution in [-0.2, 0) is 4.79 Å². The molecule has 0 amide bonds. The minimum Gasteiger partial charge on any atom is -0.481 e. The second kappa shape index (κ2) is 12.2. The van der Waals surface area contributed by atoms with Gasteiger partial charge in [-0.1, -0.05) is 45.4 Å². The molecule has 0 radical (unpaired) electrons. The monoisotopic (exact) mass is 412 g/mol. The lowest BCUT2D eigenvalue weighted by Gasteiger charge is -2.40. The molecular formula is C23H44N2O4. The number of carboxylic acids is 1. The van der Waals surface area contributed by atoms with E-state index in [1.54, 1.807) is 0 Å². The number of aliphatic hydroxyl groups excluding tert-OH is 1. The first-order valence-corrected chi connectivity index (χ1v) is 11.9. The number of likely N-dealkylation sites (N-methyl/N-ethyl adjacent to an activating group) is 1. The Morgan fingerprint density at radius 2 is 1.83 bits per heavy atom. The van der Waals surface area contributed by atoms with Gasteiger partial charge in [0.05, 0.1) is 18.1 Å². The van der Waals surface area contributed by atoms with Gasteiger partial charge in [-0.2, -0.15) is 0 Å². The van der Waals surface area contributed by atoms with Crippen molar-refractivity contribution in [3.63, 3.8) is 0 Å². The smallest absolute Gasteiger partial charge is 0.306 e. The Balaban J connectivity index is 1.60. The summed E-state index contributed by atoms with van der Waals surface area (Å²) in [6.45, 7) is 5.15. The van der Waals surface area contributed by atoms with Crippen molar-refractivity contribution in [1.29, 1.82) is 0 Å². The molecule has 170 valence electrons. The van der Waals surface area contributed by atoms with Crippen LogP contribution < -0.4 is 10.6 Å². The van der Waals surface area contributed by atoms with Crippen LogP contribution in [0.2, 0.25) is 0 Å². The fraction of sp³-hybridized carbons (Fsp3) is 0.957. The average molecular weight is 413 g/mol. The lowest BCUT2D eigenvalue weighted by atomic mass is 9.74. The molecule has 1 heterocycles. The molecule has 0 aromatic carbocycles. The van der Waals surface area contributed by atoms with E-state index in [0.717, 1.165) is 44.1 Å². The number of hydrogen-bond donors (Lipinski definition) is 5. The van der Waals surface area contributed by atoms with Gasteiger partial charge in [-0.05, 0) is 57.4 Å². The third-order valence-electron chi connectivity index (χ3n) is 7.23. The fourth-order valence-corrected chi connectivity index (χ4v) is 5.33. The van der Waals surface area contributed by atoms with Crippen molar-refractivity contribution in [2.24, 2.45) is 11.8 Å². The zero-order valence-electron chi connectivity index (χ0n) is 18.5. The van der Waals surface area contributed by atoms with Gasteiger partial charge in [0.15, 0.2) is 0 Å². The second-order valence-corrected chi connectivity index (χ2v) is 9.66. The van der Waals surface area contributed by atoms with Gasteiger partial charge < -0.3 is 26.0 Å². The normalized spacial score (nSPS) is 32.6. The van der Waals surface area contributed by atoms with Crippen LogP contribution in [0.1, 0.15) is 90.9 Å². The van der Waals surface area contributed by atoms with Gasteiger partial charge in [0.25, 0.3) is 0 Å². The number of rotatable bonds is 12. The first kappa shape index (κ1) is 24.6. The minimum absolute atomic E-state index is 0.186. The summed E-state index contributed by atoms with van der Waals surface area (Å²) in [5.74, 6) is 0.648. The molecule has 1 aliphatic carbocycles. The van der Waals surface area contributed by atoms with E-state index in [1.807, 2.05) is 6.92 Å². The number of nitrogens with one attached hydrogen (secondary N) is 2. The highest BCUT2D eigenvalue weighted by Gasteiger charge is 2.33. The van der Waals surface area contributed by atoms with Gasteiger partial charge in [-0.3, -0.25) is 4.79 Å². The summed E-state index contributed by atoms with van der Waals surface area (Å²) in [6.07, 6.45) is 11.8. The Morgan fingerprint density at radius 1 is 1.10 bits per heavy atom. The van der Waals surface area contributed by atoms with E-state index < -0.39 is 11.6 Å². The van der Waals surface area contributed by atoms with E-state index in [0.29, 0.717) is 19.0 Å². The molecule has 6 heteroatoms. The van der Waals surface area contributed by atoms with Gasteiger partial charge >= 0.3 is 5.97 Å². The van der Waals surface area contributed by atoms with E-state index in [9.17, 15) is 15.0 Å². The molecule has 0 bridgehead atoms. The first-order chi connectivity index (χ1) is 13.8. The highest BCUT2D eigenvalue weighted by Crippen LogP contribution is 2.36. The van der Waals surface area contributed by atoms with Gasteiger partial charge in [-0.15, -0.1) is 0 Å².